The summed E-state index contributed by atoms with van der Waals surface area (Å²) in [5.74, 6) is -0.116. The zero-order chi connectivity index (χ0) is 12.0. The largest absolute Gasteiger partial charge is 0.478 e. The van der Waals surface area contributed by atoms with E-state index in [-0.39, 0.29) is 0 Å². The fourth-order valence-electron chi connectivity index (χ4n) is 2.54. The van der Waals surface area contributed by atoms with Crippen molar-refractivity contribution >= 4 is 17.0 Å². The minimum Gasteiger partial charge on any atom is -0.478 e. The van der Waals surface area contributed by atoms with Gasteiger partial charge < -0.3 is 9.67 Å². The number of carboxylic acids is 1. The summed E-state index contributed by atoms with van der Waals surface area (Å²) in [6.07, 6.45) is 4.20. The van der Waals surface area contributed by atoms with Gasteiger partial charge in [-0.15, -0.1) is 0 Å². The van der Waals surface area contributed by atoms with E-state index in [1.807, 2.05) is 12.4 Å². The molecule has 0 radical (unpaired) electrons. The lowest BCUT2D eigenvalue weighted by Crippen LogP contribution is -2.23. The van der Waals surface area contributed by atoms with E-state index in [2.05, 4.69) is 16.5 Å². The third-order valence-electron chi connectivity index (χ3n) is 3.56. The first-order valence-corrected chi connectivity index (χ1v) is 5.85. The van der Waals surface area contributed by atoms with Crippen LogP contribution in [0.25, 0.3) is 11.0 Å². The number of aromatic carboxylic acids is 1. The zero-order valence-corrected chi connectivity index (χ0v) is 9.63. The molecule has 0 saturated heterocycles. The van der Waals surface area contributed by atoms with Crippen LogP contribution in [0, 0.1) is 5.92 Å². The lowest BCUT2D eigenvalue weighted by Gasteiger charge is -2.34. The highest BCUT2D eigenvalue weighted by molar-refractivity contribution is 5.92. The predicted octanol–water partition coefficient (Wildman–Crippen LogP) is 2.71. The number of benzene rings is 1. The fraction of sp³-hybridized carbons (Fsp3) is 0.385. The van der Waals surface area contributed by atoms with Gasteiger partial charge >= 0.3 is 5.97 Å². The molecule has 0 amide bonds. The smallest absolute Gasteiger partial charge is 0.335 e. The van der Waals surface area contributed by atoms with Crippen LogP contribution in [-0.4, -0.2) is 20.6 Å². The number of nitrogens with zero attached hydrogens (tertiary/aromatic N) is 2. The minimum absolute atomic E-state index is 0.296. The minimum atomic E-state index is -0.904. The highest BCUT2D eigenvalue weighted by Crippen LogP contribution is 2.38. The summed E-state index contributed by atoms with van der Waals surface area (Å²) in [7, 11) is 0. The van der Waals surface area contributed by atoms with E-state index in [4.69, 9.17) is 5.11 Å². The summed E-state index contributed by atoms with van der Waals surface area (Å²) in [4.78, 5) is 15.2. The van der Waals surface area contributed by atoms with Gasteiger partial charge in [-0.05, 0) is 37.0 Å². The summed E-state index contributed by atoms with van der Waals surface area (Å²) in [6.45, 7) is 2.25. The average molecular weight is 230 g/mol. The molecular weight excluding hydrogens is 216 g/mol. The topological polar surface area (TPSA) is 55.1 Å². The van der Waals surface area contributed by atoms with E-state index >= 15 is 0 Å². The van der Waals surface area contributed by atoms with Gasteiger partial charge in [0.05, 0.1) is 22.9 Å². The van der Waals surface area contributed by atoms with Crippen molar-refractivity contribution in [3.8, 4) is 0 Å². The summed E-state index contributed by atoms with van der Waals surface area (Å²) in [5.41, 5.74) is 2.10. The van der Waals surface area contributed by atoms with Crippen molar-refractivity contribution in [2.45, 2.75) is 25.8 Å². The van der Waals surface area contributed by atoms with Crippen molar-refractivity contribution in [3.05, 3.63) is 30.1 Å². The van der Waals surface area contributed by atoms with Crippen molar-refractivity contribution in [2.24, 2.45) is 5.92 Å². The third-order valence-corrected chi connectivity index (χ3v) is 3.56. The normalized spacial score (nSPS) is 23.6. The lowest BCUT2D eigenvalue weighted by atomic mass is 9.81. The number of carbonyl (C=O) groups is 1. The van der Waals surface area contributed by atoms with Gasteiger partial charge in [0, 0.05) is 6.04 Å². The summed E-state index contributed by atoms with van der Waals surface area (Å²) >= 11 is 0. The number of aromatic nitrogens is 2. The first kappa shape index (κ1) is 10.3. The molecule has 88 valence electrons. The van der Waals surface area contributed by atoms with Crippen molar-refractivity contribution < 1.29 is 9.90 Å². The summed E-state index contributed by atoms with van der Waals surface area (Å²) in [6, 6.07) is 5.67. The Morgan fingerprint density at radius 1 is 1.47 bits per heavy atom. The zero-order valence-electron chi connectivity index (χ0n) is 9.63. The quantitative estimate of drug-likeness (QED) is 0.863. The van der Waals surface area contributed by atoms with Crippen molar-refractivity contribution in [1.29, 1.82) is 0 Å². The second-order valence-electron chi connectivity index (χ2n) is 4.89. The molecule has 1 N–H and O–H groups in total. The molecule has 1 saturated carbocycles. The molecule has 0 atom stereocenters. The number of hydrogen-bond donors (Lipinski definition) is 1. The predicted molar refractivity (Wildman–Crippen MR) is 64.1 cm³/mol. The molecule has 1 fully saturated rings. The molecule has 1 aromatic carbocycles. The Bertz CT molecular complexity index is 582. The van der Waals surface area contributed by atoms with Gasteiger partial charge in [-0.2, -0.15) is 0 Å². The molecule has 0 aliphatic heterocycles. The second-order valence-corrected chi connectivity index (χ2v) is 4.89. The van der Waals surface area contributed by atoms with Gasteiger partial charge in [0.15, 0.2) is 0 Å². The van der Waals surface area contributed by atoms with E-state index in [1.165, 1.54) is 12.8 Å². The summed E-state index contributed by atoms with van der Waals surface area (Å²) in [5, 5.41) is 8.92. The lowest BCUT2D eigenvalue weighted by molar-refractivity contribution is 0.0697. The second kappa shape index (κ2) is 3.58. The molecule has 1 aliphatic carbocycles. The molecule has 0 bridgehead atoms. The molecule has 0 unspecified atom stereocenters. The fourth-order valence-corrected chi connectivity index (χ4v) is 2.54. The van der Waals surface area contributed by atoms with Crippen molar-refractivity contribution in [3.63, 3.8) is 0 Å². The molecule has 1 aromatic heterocycles. The molecule has 17 heavy (non-hydrogen) atoms. The van der Waals surface area contributed by atoms with Crippen LogP contribution in [0.15, 0.2) is 24.5 Å². The van der Waals surface area contributed by atoms with Gasteiger partial charge in [-0.25, -0.2) is 9.78 Å². The molecule has 2 aromatic rings. The highest BCUT2D eigenvalue weighted by Gasteiger charge is 2.27. The monoisotopic (exact) mass is 230 g/mol. The Kier molecular flexibility index (Phi) is 2.18. The maximum absolute atomic E-state index is 10.9. The number of carboxylic acid groups (broad SMARTS) is 1. The van der Waals surface area contributed by atoms with Crippen LogP contribution in [0.3, 0.4) is 0 Å². The first-order valence-electron chi connectivity index (χ1n) is 5.85. The number of fused-ring (bicyclic) bond motifs is 1. The maximum atomic E-state index is 10.9. The first-order chi connectivity index (χ1) is 8.15. The molecule has 4 nitrogen and oxygen atoms in total. The standard InChI is InChI=1S/C13H14N2O2/c1-8-4-10(5-8)15-7-14-11-6-9(13(16)17)2-3-12(11)15/h2-3,6-8,10H,4-5H2,1H3,(H,16,17). The van der Waals surface area contributed by atoms with Gasteiger partial charge in [-0.1, -0.05) is 6.92 Å². The Balaban J connectivity index is 2.02. The van der Waals surface area contributed by atoms with Crippen LogP contribution in [0.4, 0.5) is 0 Å². The van der Waals surface area contributed by atoms with E-state index in [1.54, 1.807) is 12.1 Å². The van der Waals surface area contributed by atoms with E-state index in [9.17, 15) is 4.79 Å². The van der Waals surface area contributed by atoms with Crippen LogP contribution in [0.1, 0.15) is 36.2 Å². The van der Waals surface area contributed by atoms with E-state index in [0.717, 1.165) is 17.0 Å². The van der Waals surface area contributed by atoms with Crippen LogP contribution in [-0.2, 0) is 0 Å². The SMILES string of the molecule is CC1CC(n2cnc3cc(C(=O)O)ccc32)C1. The molecule has 1 heterocycles. The Labute approximate surface area is 98.9 Å². The van der Waals surface area contributed by atoms with Crippen molar-refractivity contribution in [1.82, 2.24) is 9.55 Å². The maximum Gasteiger partial charge on any atom is 0.335 e. The Hall–Kier alpha value is -1.84. The number of rotatable bonds is 2. The van der Waals surface area contributed by atoms with E-state index in [0.29, 0.717) is 11.6 Å². The summed E-state index contributed by atoms with van der Waals surface area (Å²) < 4.78 is 2.17. The van der Waals surface area contributed by atoms with Crippen LogP contribution >= 0.6 is 0 Å². The molecule has 3 rings (SSSR count). The highest BCUT2D eigenvalue weighted by atomic mass is 16.4. The molecule has 1 aliphatic rings. The number of imidazole rings is 1. The molecule has 0 spiro atoms. The Morgan fingerprint density at radius 2 is 2.24 bits per heavy atom. The van der Waals surface area contributed by atoms with Crippen LogP contribution < -0.4 is 0 Å². The third kappa shape index (κ3) is 1.60. The number of hydrogen-bond acceptors (Lipinski definition) is 2. The molecule has 4 heteroatoms. The average Bonchev–Trinajstić information content (AvgIpc) is 2.67. The van der Waals surface area contributed by atoms with Crippen molar-refractivity contribution in [2.75, 3.05) is 0 Å². The van der Waals surface area contributed by atoms with E-state index < -0.39 is 5.97 Å². The van der Waals surface area contributed by atoms with Crippen LogP contribution in [0.5, 0.6) is 0 Å². The van der Waals surface area contributed by atoms with Gasteiger partial charge in [0.1, 0.15) is 0 Å². The molecular formula is C13H14N2O2. The van der Waals surface area contributed by atoms with Gasteiger partial charge in [0.25, 0.3) is 0 Å². The Morgan fingerprint density at radius 3 is 2.88 bits per heavy atom. The van der Waals surface area contributed by atoms with Gasteiger partial charge in [0.2, 0.25) is 0 Å². The van der Waals surface area contributed by atoms with Crippen LogP contribution in [0.2, 0.25) is 0 Å². The van der Waals surface area contributed by atoms with Gasteiger partial charge in [-0.3, -0.25) is 0 Å².